The third-order valence-electron chi connectivity index (χ3n) is 15.2. The molecular weight excluding hydrogens is 719 g/mol. The third-order valence-corrected chi connectivity index (χ3v) is 15.2. The molecule has 2 amide bonds. The number of nitro groups is 1. The molecule has 0 spiro atoms. The van der Waals surface area contributed by atoms with Crippen molar-refractivity contribution in [3.63, 3.8) is 0 Å². The summed E-state index contributed by atoms with van der Waals surface area (Å²) in [6, 6.07) is 3.63. The zero-order chi connectivity index (χ0) is 40.6. The van der Waals surface area contributed by atoms with E-state index in [0.29, 0.717) is 54.1 Å². The van der Waals surface area contributed by atoms with E-state index in [-0.39, 0.29) is 29.4 Å². The molecule has 2 aromatic rings. The number of unbranched alkanes of at least 4 members (excludes halogenated alkanes) is 2. The number of hydrogen-bond acceptors (Lipinski definition) is 8. The Morgan fingerprint density at radius 2 is 1.68 bits per heavy atom. The second kappa shape index (κ2) is 19.5. The molecule has 0 aliphatic heterocycles. The molecule has 0 unspecified atom stereocenters. The lowest BCUT2D eigenvalue weighted by Crippen LogP contribution is -2.90. The van der Waals surface area contributed by atoms with Crippen molar-refractivity contribution >= 4 is 34.2 Å². The van der Waals surface area contributed by atoms with Gasteiger partial charge >= 0.3 is 5.69 Å². The number of carbonyl (C=O) groups excluding carboxylic acids is 2. The number of aromatic nitrogens is 2. The highest BCUT2D eigenvalue weighted by Crippen LogP contribution is 2.67. The van der Waals surface area contributed by atoms with Crippen LogP contribution in [0.15, 0.2) is 28.4 Å². The first-order valence-corrected chi connectivity index (χ1v) is 22.6. The van der Waals surface area contributed by atoms with E-state index < -0.39 is 4.92 Å². The fraction of sp³-hybridized carbons (Fsp3) is 0.778. The Morgan fingerprint density at radius 3 is 2.49 bits per heavy atom. The van der Waals surface area contributed by atoms with Crippen molar-refractivity contribution < 1.29 is 24.5 Å². The van der Waals surface area contributed by atoms with Crippen molar-refractivity contribution in [3.8, 4) is 0 Å². The number of anilines is 1. The van der Waals surface area contributed by atoms with Gasteiger partial charge in [-0.05, 0) is 114 Å². The quantitative estimate of drug-likeness (QED) is 0.0426. The van der Waals surface area contributed by atoms with Gasteiger partial charge in [-0.1, -0.05) is 72.0 Å². The number of benzene rings is 1. The van der Waals surface area contributed by atoms with E-state index in [4.69, 9.17) is 4.63 Å². The molecule has 1 aromatic heterocycles. The maximum Gasteiger partial charge on any atom is 0.300 e. The number of nitro benzene ring substituents is 1. The number of fused-ring (bicyclic) bond motifs is 6. The van der Waals surface area contributed by atoms with E-state index in [1.807, 2.05) is 0 Å². The lowest BCUT2D eigenvalue weighted by molar-refractivity contribution is -0.691. The molecule has 5 N–H and O–H groups in total. The Kier molecular flexibility index (Phi) is 14.7. The van der Waals surface area contributed by atoms with Crippen LogP contribution in [0, 0.1) is 56.5 Å². The molecule has 0 bridgehead atoms. The number of non-ortho nitro benzene ring substituents is 1. The first-order chi connectivity index (χ1) is 27.4. The molecule has 6 rings (SSSR count). The van der Waals surface area contributed by atoms with E-state index in [2.05, 4.69) is 72.3 Å². The SMILES string of the molecule is CC(C)CCC[C@@H](C)[C@H]1CC[C@H]2[C@@H]3CC=C4C[C@@H]([NH2+]CCCNC(=O)CCNC(=O)CCCCCNc5ccc([N+](=O)[O-])c6nonc56)CC[C@]4(C)[C@H]3CC[C@]12C. The van der Waals surface area contributed by atoms with Gasteiger partial charge in [-0.3, -0.25) is 19.7 Å². The van der Waals surface area contributed by atoms with Gasteiger partial charge in [0.15, 0.2) is 5.52 Å². The molecule has 8 atom stereocenters. The van der Waals surface area contributed by atoms with Gasteiger partial charge in [0.25, 0.3) is 0 Å². The van der Waals surface area contributed by atoms with E-state index in [1.54, 1.807) is 11.6 Å². The summed E-state index contributed by atoms with van der Waals surface area (Å²) in [6.45, 7) is 15.3. The van der Waals surface area contributed by atoms with Crippen LogP contribution in [0.4, 0.5) is 11.4 Å². The maximum absolute atomic E-state index is 12.4. The van der Waals surface area contributed by atoms with Crippen LogP contribution in [0.1, 0.15) is 144 Å². The second-order valence-electron chi connectivity index (χ2n) is 19.2. The Labute approximate surface area is 340 Å². The molecule has 3 saturated carbocycles. The molecule has 12 heteroatoms. The number of carbonyl (C=O) groups is 2. The van der Waals surface area contributed by atoms with Crippen LogP contribution in [0.3, 0.4) is 0 Å². The molecule has 316 valence electrons. The van der Waals surface area contributed by atoms with E-state index in [9.17, 15) is 19.7 Å². The van der Waals surface area contributed by atoms with Gasteiger partial charge in [-0.15, -0.1) is 0 Å². The largest absolute Gasteiger partial charge is 0.383 e. The average Bonchev–Trinajstić information content (AvgIpc) is 3.81. The number of allylic oxidation sites excluding steroid dienone is 1. The molecule has 0 radical (unpaired) electrons. The van der Waals surface area contributed by atoms with Gasteiger partial charge < -0.3 is 21.3 Å². The van der Waals surface area contributed by atoms with Gasteiger partial charge in [-0.2, -0.15) is 0 Å². The highest BCUT2D eigenvalue weighted by atomic mass is 16.6. The van der Waals surface area contributed by atoms with Gasteiger partial charge in [0.05, 0.1) is 23.2 Å². The van der Waals surface area contributed by atoms with Crippen LogP contribution < -0.4 is 21.3 Å². The minimum Gasteiger partial charge on any atom is -0.383 e. The van der Waals surface area contributed by atoms with Crippen molar-refractivity contribution in [1.29, 1.82) is 0 Å². The molecule has 12 nitrogen and oxygen atoms in total. The Morgan fingerprint density at radius 1 is 0.895 bits per heavy atom. The number of nitrogens with zero attached hydrogens (tertiary/aromatic N) is 3. The van der Waals surface area contributed by atoms with Gasteiger partial charge in [0.2, 0.25) is 17.3 Å². The molecule has 0 saturated heterocycles. The lowest BCUT2D eigenvalue weighted by atomic mass is 9.47. The first kappa shape index (κ1) is 43.0. The minimum absolute atomic E-state index is 0.0165. The summed E-state index contributed by atoms with van der Waals surface area (Å²) >= 11 is 0. The highest BCUT2D eigenvalue weighted by Gasteiger charge is 2.59. The number of quaternary nitrogens is 1. The third kappa shape index (κ3) is 10.2. The second-order valence-corrected chi connectivity index (χ2v) is 19.2. The number of nitrogens with one attached hydrogen (secondary N) is 3. The summed E-state index contributed by atoms with van der Waals surface area (Å²) in [7, 11) is 0. The smallest absolute Gasteiger partial charge is 0.300 e. The van der Waals surface area contributed by atoms with Crippen molar-refractivity contribution in [3.05, 3.63) is 33.9 Å². The standard InChI is InChI=1S/C45H71N7O5/c1-30(2)11-9-12-31(3)35-16-17-36-34-15-14-32-29-33(20-23-44(32,4)37(34)21-24-45(35,36)5)46-26-10-27-48-41(54)22-28-49-40(53)13-7-6-8-25-47-38-18-19-39(52(55)56)43-42(38)50-57-51-43/h14,18-19,30-31,33-37,46-47H,6-13,15-17,20-29H2,1-5H3,(H,48,54)(H,49,53)/p+1/t31-,33+,34+,35-,36+,37+,44+,45-/m1/s1. The number of hydrogen-bond donors (Lipinski definition) is 4. The van der Waals surface area contributed by atoms with Crippen LogP contribution in [0.5, 0.6) is 0 Å². The number of rotatable bonds is 21. The van der Waals surface area contributed by atoms with Crippen LogP contribution >= 0.6 is 0 Å². The molecule has 4 aliphatic carbocycles. The zero-order valence-electron chi connectivity index (χ0n) is 35.6. The van der Waals surface area contributed by atoms with E-state index in [1.165, 1.54) is 76.7 Å². The average molecular weight is 791 g/mol. The molecule has 3 fully saturated rings. The van der Waals surface area contributed by atoms with E-state index in [0.717, 1.165) is 67.7 Å². The summed E-state index contributed by atoms with van der Waals surface area (Å²) < 4.78 is 4.70. The van der Waals surface area contributed by atoms with Gasteiger partial charge in [-0.25, -0.2) is 4.63 Å². The topological polar surface area (TPSA) is 169 Å². The predicted octanol–water partition coefficient (Wildman–Crippen LogP) is 8.09. The van der Waals surface area contributed by atoms with Crippen LogP contribution in [-0.2, 0) is 9.59 Å². The normalized spacial score (nSPS) is 28.6. The zero-order valence-corrected chi connectivity index (χ0v) is 35.6. The Bertz CT molecular complexity index is 1710. The molecular formula is C45H72N7O5+. The summed E-state index contributed by atoms with van der Waals surface area (Å²) in [5, 5.41) is 30.3. The fourth-order valence-electron chi connectivity index (χ4n) is 12.0. The predicted molar refractivity (Wildman–Crippen MR) is 224 cm³/mol. The summed E-state index contributed by atoms with van der Waals surface area (Å²) in [5.41, 5.74) is 3.62. The van der Waals surface area contributed by atoms with Crippen molar-refractivity contribution in [2.75, 3.05) is 31.5 Å². The first-order valence-electron chi connectivity index (χ1n) is 22.6. The van der Waals surface area contributed by atoms with Gasteiger partial charge in [0.1, 0.15) is 0 Å². The van der Waals surface area contributed by atoms with Crippen LogP contribution in [-0.4, -0.2) is 59.3 Å². The van der Waals surface area contributed by atoms with Gasteiger partial charge in [0, 0.05) is 57.8 Å². The maximum atomic E-state index is 12.4. The van der Waals surface area contributed by atoms with Crippen molar-refractivity contribution in [2.45, 2.75) is 150 Å². The minimum atomic E-state index is -0.511. The summed E-state index contributed by atoms with van der Waals surface area (Å²) in [4.78, 5) is 35.4. The number of amides is 2. The Hall–Kier alpha value is -3.54. The fourth-order valence-corrected chi connectivity index (χ4v) is 12.0. The number of nitrogens with two attached hydrogens (primary N) is 1. The van der Waals surface area contributed by atoms with Crippen molar-refractivity contribution in [1.82, 2.24) is 20.9 Å². The van der Waals surface area contributed by atoms with Crippen LogP contribution in [0.2, 0.25) is 0 Å². The summed E-state index contributed by atoms with van der Waals surface area (Å²) in [5.74, 6) is 5.20. The monoisotopic (exact) mass is 791 g/mol. The molecule has 1 heterocycles. The Balaban J connectivity index is 0.808. The molecule has 1 aromatic carbocycles. The summed E-state index contributed by atoms with van der Waals surface area (Å²) in [6.07, 6.45) is 21.9. The molecule has 57 heavy (non-hydrogen) atoms. The van der Waals surface area contributed by atoms with E-state index >= 15 is 0 Å². The van der Waals surface area contributed by atoms with Crippen LogP contribution in [0.25, 0.3) is 11.0 Å². The highest BCUT2D eigenvalue weighted by molar-refractivity contribution is 5.93. The van der Waals surface area contributed by atoms with Crippen molar-refractivity contribution in [2.24, 2.45) is 46.3 Å². The molecule has 4 aliphatic rings. The lowest BCUT2D eigenvalue weighted by Gasteiger charge is -2.58.